The minimum atomic E-state index is -0.429. The van der Waals surface area contributed by atoms with Gasteiger partial charge >= 0.3 is 100 Å². The molecule has 0 amide bonds. The fourth-order valence-electron chi connectivity index (χ4n) is 1.60. The maximum Gasteiger partial charge on any atom is -1.00 e. The number of allylic oxidation sites excluding steroid dienone is 4. The van der Waals surface area contributed by atoms with E-state index in [0.29, 0.717) is 0 Å². The molecule has 17 heavy (non-hydrogen) atoms. The quantitative estimate of drug-likeness (QED) is 0.563. The van der Waals surface area contributed by atoms with E-state index in [1.807, 2.05) is 0 Å². The first-order valence-electron chi connectivity index (χ1n) is 5.12. The molecule has 4 heteroatoms. The van der Waals surface area contributed by atoms with Crippen LogP contribution in [0.25, 0.3) is 0 Å². The molecule has 0 radical (unpaired) electrons. The first-order valence-corrected chi connectivity index (χ1v) is 6.54. The van der Waals surface area contributed by atoms with Gasteiger partial charge in [0, 0.05) is 0 Å². The van der Waals surface area contributed by atoms with E-state index in [1.165, 1.54) is 15.0 Å². The van der Waals surface area contributed by atoms with E-state index in [-0.39, 0.29) is 24.8 Å². The predicted octanol–water partition coefficient (Wildman–Crippen LogP) is -2.47. The molecule has 2 rings (SSSR count). The van der Waals surface area contributed by atoms with Crippen LogP contribution in [0.5, 0.6) is 5.75 Å². The molecule has 1 nitrogen and oxygen atoms in total. The number of benzene rings is 1. The Balaban J connectivity index is 0.00000128. The van der Waals surface area contributed by atoms with Gasteiger partial charge in [0.05, 0.1) is 0 Å². The summed E-state index contributed by atoms with van der Waals surface area (Å²) in [6.07, 6.45) is 7.58. The first kappa shape index (κ1) is 16.8. The summed E-state index contributed by atoms with van der Waals surface area (Å²) >= 11 is -0.429. The van der Waals surface area contributed by atoms with Crippen molar-refractivity contribution in [3.05, 3.63) is 51.4 Å². The Hall–Kier alpha value is -0.206. The summed E-state index contributed by atoms with van der Waals surface area (Å²) in [5.74, 6) is 1.09. The fraction of sp³-hybridized carbons (Fsp3) is 0.231. The van der Waals surface area contributed by atoms with Crippen LogP contribution in [-0.4, -0.2) is 0 Å². The van der Waals surface area contributed by atoms with Crippen LogP contribution in [0.1, 0.15) is 17.5 Å². The van der Waals surface area contributed by atoms with Gasteiger partial charge in [0.2, 0.25) is 0 Å². The maximum absolute atomic E-state index is 5.97. The van der Waals surface area contributed by atoms with E-state index in [9.17, 15) is 0 Å². The Morgan fingerprint density at radius 2 is 1.76 bits per heavy atom. The van der Waals surface area contributed by atoms with Gasteiger partial charge in [-0.15, -0.1) is 0 Å². The van der Waals surface area contributed by atoms with Crippen molar-refractivity contribution in [1.82, 2.24) is 0 Å². The van der Waals surface area contributed by atoms with Gasteiger partial charge in [-0.1, -0.05) is 0 Å². The standard InChI is InChI=1S/C8H10O.C5H5.2ClH.Ti/c1-6-4-3-5-7(2)8(6)9;1-2-4-5-3-1;;;/h3-5,9H,1-2H3;1-3H,4H2;2*1H;/q;;;;+3/p-3. The molecule has 0 fully saturated rings. The molecule has 0 atom stereocenters. The van der Waals surface area contributed by atoms with Crippen molar-refractivity contribution in [2.75, 3.05) is 0 Å². The molecule has 0 saturated carbocycles. The Morgan fingerprint density at radius 3 is 2.29 bits per heavy atom. The molecule has 1 aromatic rings. The molecular formula is C13H14Cl2OTi. The summed E-state index contributed by atoms with van der Waals surface area (Å²) < 4.78 is 7.44. The Labute approximate surface area is 125 Å². The van der Waals surface area contributed by atoms with E-state index in [4.69, 9.17) is 3.32 Å². The van der Waals surface area contributed by atoms with E-state index < -0.39 is 19.5 Å². The van der Waals surface area contributed by atoms with Crippen LogP contribution in [0.2, 0.25) is 0 Å². The molecule has 90 valence electrons. The zero-order chi connectivity index (χ0) is 10.7. The van der Waals surface area contributed by atoms with Crippen LogP contribution in [0.15, 0.2) is 40.3 Å². The van der Waals surface area contributed by atoms with Crippen LogP contribution in [0.3, 0.4) is 0 Å². The molecule has 1 aliphatic carbocycles. The molecule has 0 N–H and O–H groups in total. The van der Waals surface area contributed by atoms with Gasteiger partial charge in [0.1, 0.15) is 0 Å². The number of rotatable bonds is 3. The van der Waals surface area contributed by atoms with Crippen molar-refractivity contribution in [2.45, 2.75) is 20.3 Å². The normalized spacial score (nSPS) is 12.0. The molecule has 1 aliphatic rings. The average molecular weight is 305 g/mol. The maximum atomic E-state index is 5.97. The van der Waals surface area contributed by atoms with Gasteiger partial charge in [-0.25, -0.2) is 0 Å². The second-order valence-electron chi connectivity index (χ2n) is 3.75. The number of hydrogen-bond donors (Lipinski definition) is 0. The Bertz CT molecular complexity index is 407. The van der Waals surface area contributed by atoms with Crippen molar-refractivity contribution in [3.63, 3.8) is 0 Å². The molecular weight excluding hydrogens is 291 g/mol. The molecule has 1 aromatic carbocycles. The number of halogens is 2. The van der Waals surface area contributed by atoms with Gasteiger partial charge in [-0.3, -0.25) is 0 Å². The van der Waals surface area contributed by atoms with Gasteiger partial charge in [0.15, 0.2) is 0 Å². The molecule has 0 unspecified atom stereocenters. The van der Waals surface area contributed by atoms with Gasteiger partial charge < -0.3 is 24.8 Å². The van der Waals surface area contributed by atoms with E-state index in [1.54, 1.807) is 0 Å². The number of para-hydroxylation sites is 1. The van der Waals surface area contributed by atoms with Crippen LogP contribution in [0.4, 0.5) is 0 Å². The van der Waals surface area contributed by atoms with Crippen LogP contribution < -0.4 is 28.1 Å². The van der Waals surface area contributed by atoms with Crippen molar-refractivity contribution in [1.29, 1.82) is 0 Å². The predicted molar refractivity (Wildman–Crippen MR) is 58.4 cm³/mol. The first-order chi connectivity index (χ1) is 7.27. The Morgan fingerprint density at radius 1 is 1.12 bits per heavy atom. The molecule has 0 bridgehead atoms. The summed E-state index contributed by atoms with van der Waals surface area (Å²) in [5, 5.41) is 0. The minimum absolute atomic E-state index is 0. The third-order valence-corrected chi connectivity index (χ3v) is 3.93. The van der Waals surface area contributed by atoms with Crippen molar-refractivity contribution in [3.8, 4) is 5.75 Å². The topological polar surface area (TPSA) is 9.23 Å². The fourth-order valence-corrected chi connectivity index (χ4v) is 3.04. The second kappa shape index (κ2) is 7.99. The molecule has 0 heterocycles. The molecule has 0 spiro atoms. The van der Waals surface area contributed by atoms with Crippen LogP contribution >= 0.6 is 0 Å². The van der Waals surface area contributed by atoms with Gasteiger partial charge in [0.25, 0.3) is 0 Å². The summed E-state index contributed by atoms with van der Waals surface area (Å²) in [6.45, 7) is 4.21. The zero-order valence-electron chi connectivity index (χ0n) is 9.84. The van der Waals surface area contributed by atoms with Crippen LogP contribution in [-0.2, 0) is 19.5 Å². The summed E-state index contributed by atoms with van der Waals surface area (Å²) in [4.78, 5) is 0. The van der Waals surface area contributed by atoms with Gasteiger partial charge in [-0.2, -0.15) is 0 Å². The third-order valence-electron chi connectivity index (χ3n) is 2.46. The van der Waals surface area contributed by atoms with E-state index in [0.717, 1.165) is 12.2 Å². The third kappa shape index (κ3) is 4.52. The summed E-state index contributed by atoms with van der Waals surface area (Å²) in [5.41, 5.74) is 2.48. The van der Waals surface area contributed by atoms with E-state index in [2.05, 4.69) is 50.3 Å². The minimum Gasteiger partial charge on any atom is -1.00 e. The largest absolute Gasteiger partial charge is 1.00 e. The smallest absolute Gasteiger partial charge is 1.00 e. The Kier molecular flexibility index (Phi) is 7.90. The monoisotopic (exact) mass is 304 g/mol. The molecule has 0 saturated heterocycles. The van der Waals surface area contributed by atoms with Crippen molar-refractivity contribution >= 4 is 0 Å². The second-order valence-corrected chi connectivity index (χ2v) is 5.39. The number of hydrogen-bond acceptors (Lipinski definition) is 1. The van der Waals surface area contributed by atoms with Crippen LogP contribution in [0, 0.1) is 13.8 Å². The molecule has 0 aromatic heterocycles. The van der Waals surface area contributed by atoms with Gasteiger partial charge in [-0.05, 0) is 0 Å². The average Bonchev–Trinajstić information content (AvgIpc) is 2.70. The summed E-state index contributed by atoms with van der Waals surface area (Å²) in [7, 11) is 0. The van der Waals surface area contributed by atoms with Crippen molar-refractivity contribution < 1.29 is 47.7 Å². The number of aryl methyl sites for hydroxylation is 2. The SMILES string of the molecule is Cc1cccc(C)c1[O][Ti+2][C]1=CC=CC1.[Cl-].[Cl-]. The van der Waals surface area contributed by atoms with Crippen molar-refractivity contribution in [2.24, 2.45) is 0 Å². The zero-order valence-corrected chi connectivity index (χ0v) is 12.9. The summed E-state index contributed by atoms with van der Waals surface area (Å²) in [6, 6.07) is 6.29. The van der Waals surface area contributed by atoms with E-state index >= 15 is 0 Å². The molecule has 0 aliphatic heterocycles.